The quantitative estimate of drug-likeness (QED) is 0.837. The normalized spacial score (nSPS) is 21.3. The third kappa shape index (κ3) is 2.56. The van der Waals surface area contributed by atoms with Crippen molar-refractivity contribution in [2.45, 2.75) is 36.6 Å². The van der Waals surface area contributed by atoms with E-state index in [1.54, 1.807) is 5.56 Å². The van der Waals surface area contributed by atoms with Gasteiger partial charge in [0.2, 0.25) is 0 Å². The van der Waals surface area contributed by atoms with Crippen LogP contribution in [0.2, 0.25) is 0 Å². The highest BCUT2D eigenvalue weighted by Crippen LogP contribution is 2.41. The van der Waals surface area contributed by atoms with E-state index in [2.05, 4.69) is 36.5 Å². The Labute approximate surface area is 96.7 Å². The molecule has 0 saturated heterocycles. The maximum atomic E-state index is 3.31. The summed E-state index contributed by atoms with van der Waals surface area (Å²) >= 11 is 2.01. The predicted octanol–water partition coefficient (Wildman–Crippen LogP) is 3.26. The second kappa shape index (κ2) is 5.04. The van der Waals surface area contributed by atoms with Gasteiger partial charge < -0.3 is 5.32 Å². The molecule has 0 bridgehead atoms. The minimum atomic E-state index is 0.641. The fourth-order valence-corrected chi connectivity index (χ4v) is 3.37. The molecule has 1 aromatic carbocycles. The summed E-state index contributed by atoms with van der Waals surface area (Å²) in [5.41, 5.74) is 1.57. The fraction of sp³-hybridized carbons (Fsp3) is 0.538. The van der Waals surface area contributed by atoms with Gasteiger partial charge in [-0.3, -0.25) is 0 Å². The molecule has 0 radical (unpaired) electrons. The van der Waals surface area contributed by atoms with E-state index in [0.29, 0.717) is 6.04 Å². The van der Waals surface area contributed by atoms with Gasteiger partial charge >= 0.3 is 0 Å². The van der Waals surface area contributed by atoms with E-state index >= 15 is 0 Å². The number of fused-ring (bicyclic) bond motifs is 1. The first-order valence-electron chi connectivity index (χ1n) is 5.70. The molecule has 1 N–H and O–H groups in total. The smallest absolute Gasteiger partial charge is 0.0107 e. The van der Waals surface area contributed by atoms with Gasteiger partial charge in [-0.25, -0.2) is 0 Å². The highest BCUT2D eigenvalue weighted by Gasteiger charge is 2.22. The zero-order valence-corrected chi connectivity index (χ0v) is 10.3. The van der Waals surface area contributed by atoms with E-state index in [4.69, 9.17) is 0 Å². The molecular weight excluding hydrogens is 202 g/mol. The Kier molecular flexibility index (Phi) is 3.71. The zero-order valence-electron chi connectivity index (χ0n) is 9.49. The Morgan fingerprint density at radius 3 is 3.07 bits per heavy atom. The lowest BCUT2D eigenvalue weighted by atomic mass is 9.95. The summed E-state index contributed by atoms with van der Waals surface area (Å²) in [7, 11) is 2.04. The Morgan fingerprint density at radius 1 is 1.47 bits per heavy atom. The molecule has 0 aliphatic carbocycles. The van der Waals surface area contributed by atoms with Gasteiger partial charge in [0.1, 0.15) is 0 Å². The molecule has 1 aliphatic heterocycles. The van der Waals surface area contributed by atoms with Crippen LogP contribution in [0, 0.1) is 0 Å². The van der Waals surface area contributed by atoms with Crippen LogP contribution in [0.1, 0.15) is 31.2 Å². The second-order valence-electron chi connectivity index (χ2n) is 4.31. The van der Waals surface area contributed by atoms with Crippen LogP contribution < -0.4 is 5.32 Å². The Balaban J connectivity index is 1.96. The lowest BCUT2D eigenvalue weighted by molar-refractivity contribution is 0.514. The molecule has 0 fully saturated rings. The third-order valence-electron chi connectivity index (χ3n) is 3.24. The van der Waals surface area contributed by atoms with Crippen LogP contribution in [0.5, 0.6) is 0 Å². The maximum absolute atomic E-state index is 3.31. The first kappa shape index (κ1) is 11.0. The molecule has 82 valence electrons. The molecule has 0 aromatic heterocycles. The topological polar surface area (TPSA) is 12.0 Å². The number of benzene rings is 1. The van der Waals surface area contributed by atoms with Crippen LogP contribution in [-0.4, -0.2) is 18.8 Å². The summed E-state index contributed by atoms with van der Waals surface area (Å²) in [5.74, 6) is 2.05. The van der Waals surface area contributed by atoms with E-state index in [1.165, 1.54) is 23.5 Å². The van der Waals surface area contributed by atoms with Crippen molar-refractivity contribution in [2.75, 3.05) is 12.8 Å². The van der Waals surface area contributed by atoms with Crippen LogP contribution in [0.3, 0.4) is 0 Å². The van der Waals surface area contributed by atoms with E-state index in [1.807, 2.05) is 18.8 Å². The van der Waals surface area contributed by atoms with Gasteiger partial charge in [-0.05, 0) is 44.4 Å². The van der Waals surface area contributed by atoms with Crippen LogP contribution in [0.15, 0.2) is 29.2 Å². The van der Waals surface area contributed by atoms with E-state index in [0.717, 1.165) is 5.92 Å². The Bertz CT molecular complexity index is 324. The van der Waals surface area contributed by atoms with Crippen LogP contribution in [0.25, 0.3) is 0 Å². The monoisotopic (exact) mass is 221 g/mol. The maximum Gasteiger partial charge on any atom is 0.0107 e. The number of thioether (sulfide) groups is 1. The van der Waals surface area contributed by atoms with Crippen LogP contribution in [0.4, 0.5) is 0 Å². The first-order chi connectivity index (χ1) is 7.31. The highest BCUT2D eigenvalue weighted by atomic mass is 32.2. The molecule has 0 spiro atoms. The first-order valence-corrected chi connectivity index (χ1v) is 6.69. The van der Waals surface area contributed by atoms with Crippen molar-refractivity contribution in [3.05, 3.63) is 29.8 Å². The second-order valence-corrected chi connectivity index (χ2v) is 5.37. The molecule has 0 saturated carbocycles. The van der Waals surface area contributed by atoms with Crippen LogP contribution >= 0.6 is 11.8 Å². The van der Waals surface area contributed by atoms with Crippen molar-refractivity contribution in [1.29, 1.82) is 0 Å². The average molecular weight is 221 g/mol. The molecular formula is C13H19NS. The van der Waals surface area contributed by atoms with Gasteiger partial charge in [0.25, 0.3) is 0 Å². The summed E-state index contributed by atoms with van der Waals surface area (Å²) in [6.45, 7) is 2.26. The molecule has 2 heteroatoms. The average Bonchev–Trinajstić information content (AvgIpc) is 2.69. The number of rotatable bonds is 4. The summed E-state index contributed by atoms with van der Waals surface area (Å²) < 4.78 is 0. The van der Waals surface area contributed by atoms with Crippen molar-refractivity contribution in [2.24, 2.45) is 0 Å². The molecule has 1 aliphatic rings. The highest BCUT2D eigenvalue weighted by molar-refractivity contribution is 7.99. The minimum Gasteiger partial charge on any atom is -0.317 e. The van der Waals surface area contributed by atoms with Crippen molar-refractivity contribution >= 4 is 11.8 Å². The van der Waals surface area contributed by atoms with Gasteiger partial charge in [0, 0.05) is 16.7 Å². The van der Waals surface area contributed by atoms with Crippen molar-refractivity contribution in [1.82, 2.24) is 5.32 Å². The molecule has 1 aromatic rings. The van der Waals surface area contributed by atoms with Gasteiger partial charge in [0.05, 0.1) is 0 Å². The molecule has 0 amide bonds. The Hall–Kier alpha value is -0.470. The summed E-state index contributed by atoms with van der Waals surface area (Å²) in [6.07, 6.45) is 2.59. The summed E-state index contributed by atoms with van der Waals surface area (Å²) in [5, 5.41) is 3.31. The molecule has 2 unspecified atom stereocenters. The molecule has 15 heavy (non-hydrogen) atoms. The molecule has 1 heterocycles. The Morgan fingerprint density at radius 2 is 2.27 bits per heavy atom. The minimum absolute atomic E-state index is 0.641. The van der Waals surface area contributed by atoms with Crippen molar-refractivity contribution in [3.63, 3.8) is 0 Å². The van der Waals surface area contributed by atoms with Crippen molar-refractivity contribution < 1.29 is 0 Å². The number of hydrogen-bond acceptors (Lipinski definition) is 2. The molecule has 2 atom stereocenters. The fourth-order valence-electron chi connectivity index (χ4n) is 2.06. The van der Waals surface area contributed by atoms with E-state index in [9.17, 15) is 0 Å². The third-order valence-corrected chi connectivity index (χ3v) is 4.49. The standard InChI is InChI=1S/C13H19NS/c1-10(14-2)7-8-11-9-15-13-6-4-3-5-12(11)13/h3-6,10-11,14H,7-9H2,1-2H3. The SMILES string of the molecule is CNC(C)CCC1CSc2ccccc21. The summed E-state index contributed by atoms with van der Waals surface area (Å²) in [4.78, 5) is 1.50. The van der Waals surface area contributed by atoms with Gasteiger partial charge in [-0.15, -0.1) is 11.8 Å². The van der Waals surface area contributed by atoms with Gasteiger partial charge in [-0.1, -0.05) is 18.2 Å². The predicted molar refractivity (Wildman–Crippen MR) is 67.7 cm³/mol. The zero-order chi connectivity index (χ0) is 10.7. The number of nitrogens with one attached hydrogen (secondary N) is 1. The molecule has 1 nitrogen and oxygen atoms in total. The van der Waals surface area contributed by atoms with Crippen molar-refractivity contribution in [3.8, 4) is 0 Å². The van der Waals surface area contributed by atoms with Gasteiger partial charge in [0.15, 0.2) is 0 Å². The van der Waals surface area contributed by atoms with Gasteiger partial charge in [-0.2, -0.15) is 0 Å². The summed E-state index contributed by atoms with van der Waals surface area (Å²) in [6, 6.07) is 9.50. The van der Waals surface area contributed by atoms with Crippen LogP contribution in [-0.2, 0) is 0 Å². The number of hydrogen-bond donors (Lipinski definition) is 1. The van der Waals surface area contributed by atoms with E-state index in [-0.39, 0.29) is 0 Å². The lowest BCUT2D eigenvalue weighted by Crippen LogP contribution is -2.21. The molecule has 2 rings (SSSR count). The van der Waals surface area contributed by atoms with E-state index < -0.39 is 0 Å². The lowest BCUT2D eigenvalue weighted by Gasteiger charge is -2.14. The largest absolute Gasteiger partial charge is 0.317 e.